The molecule has 0 aromatic carbocycles. The maximum absolute atomic E-state index is 13.0. The molecule has 3 saturated heterocycles. The number of carbonyl (C=O) groups excluding carboxylic acids is 1. The molecule has 0 saturated carbocycles. The van der Waals surface area contributed by atoms with Crippen LogP contribution in [-0.4, -0.2) is 106 Å². The zero-order chi connectivity index (χ0) is 41.6. The monoisotopic (exact) mass is 806 g/mol. The summed E-state index contributed by atoms with van der Waals surface area (Å²) in [6, 6.07) is 0. The molecule has 0 aromatic rings. The maximum atomic E-state index is 13.0. The topological polar surface area (TPSA) is 161 Å². The van der Waals surface area contributed by atoms with Crippen LogP contribution < -0.4 is 0 Å². The molecule has 320 valence electrons. The Bertz CT molecular complexity index is 1570. The number of hydrogen-bond acceptors (Lipinski definition) is 10. The molecule has 5 unspecified atom stereocenters. The number of rotatable bonds is 7. The third-order valence-electron chi connectivity index (χ3n) is 12.0. The van der Waals surface area contributed by atoms with Crippen LogP contribution in [0.25, 0.3) is 0 Å². The molecule has 58 heavy (non-hydrogen) atoms. The quantitative estimate of drug-likeness (QED) is 0.122. The summed E-state index contributed by atoms with van der Waals surface area (Å²) in [5.74, 6) is -1.09. The van der Waals surface area contributed by atoms with E-state index in [1.54, 1.807) is 18.2 Å². The molecule has 11 heteroatoms. The van der Waals surface area contributed by atoms with Crippen molar-refractivity contribution in [2.24, 2.45) is 17.8 Å². The molecule has 7 bridgehead atoms. The van der Waals surface area contributed by atoms with E-state index >= 15 is 0 Å². The first kappa shape index (κ1) is 45.7. The Morgan fingerprint density at radius 2 is 1.53 bits per heavy atom. The maximum Gasteiger partial charge on any atom is 0.331 e. The first-order chi connectivity index (χ1) is 27.9. The molecule has 0 amide bonds. The number of esters is 1. The lowest BCUT2D eigenvalue weighted by Crippen LogP contribution is -2.50. The fourth-order valence-corrected chi connectivity index (χ4v) is 8.38. The number of hydrogen-bond donors (Lipinski definition) is 4. The van der Waals surface area contributed by atoms with Gasteiger partial charge in [-0.2, -0.15) is 0 Å². The number of aliphatic hydroxyl groups excluding tert-OH is 3. The van der Waals surface area contributed by atoms with Crippen molar-refractivity contribution >= 4 is 11.9 Å². The van der Waals surface area contributed by atoms with Gasteiger partial charge in [-0.25, -0.2) is 4.79 Å². The molecular formula is C47H66O11. The standard InChI is InChI=1S/C47H66O11/c1-30(17-14-15-23-44(50)51)27-31(2)47-40-26-25-34(54-47)18-10-6-5-7-11-19-35(48)46(53)43-28-36(49)32(3)37(56-43)21-16-22-38-33(4)41-29-42(55-38)39(57-41)20-12-8-9-13-24-45(52)58-40/h6,8-13,16,19-20,22,24-27,30,32-43,46-49,53H,5,7,14-15,17-18,21,23,28-29H2,1-4H3,(H,50,51)/b9-8-,10-6+,19-11+,20-12+,22-16+,24-13+,31-27+/t30-,32-,33?,34+,35+,36+,37-,38+,39?,40?,41?,42?,43-,46+,47-/m1/s1. The summed E-state index contributed by atoms with van der Waals surface area (Å²) in [4.78, 5) is 23.9. The van der Waals surface area contributed by atoms with E-state index < -0.39 is 48.6 Å². The Morgan fingerprint density at radius 3 is 2.34 bits per heavy atom. The number of ether oxygens (including phenoxy) is 5. The van der Waals surface area contributed by atoms with Crippen LogP contribution in [0, 0.1) is 17.8 Å². The Balaban J connectivity index is 1.29. The van der Waals surface area contributed by atoms with Crippen LogP contribution in [0.3, 0.4) is 0 Å². The Kier molecular flexibility index (Phi) is 18.0. The molecule has 0 aromatic heterocycles. The fourth-order valence-electron chi connectivity index (χ4n) is 8.38. The van der Waals surface area contributed by atoms with E-state index in [2.05, 4.69) is 32.1 Å². The molecule has 0 spiro atoms. The van der Waals surface area contributed by atoms with E-state index in [0.717, 1.165) is 31.3 Å². The van der Waals surface area contributed by atoms with Crippen LogP contribution >= 0.6 is 0 Å². The average molecular weight is 807 g/mol. The lowest BCUT2D eigenvalue weighted by Gasteiger charge is -2.40. The number of aliphatic hydroxyl groups is 3. The SMILES string of the molecule is C/C(=C\[C@H](C)CCCCC(=O)O)[C@H]1O[C@@H]2C=CC1OC(=O)/C=C/C=C\C=C\C1OC3CC1O[C@@H](/C=C/C[C@H]1O[C@H](C[C@H](O)[C@H]1C)[C@@H](O)[C@@H](O)/C=C/CC/C=C/C2)C3C. The van der Waals surface area contributed by atoms with Crippen molar-refractivity contribution in [3.8, 4) is 0 Å². The number of allylic oxidation sites excluding steroid dienone is 7. The van der Waals surface area contributed by atoms with Gasteiger partial charge in [-0.15, -0.1) is 0 Å². The molecule has 0 aliphatic carbocycles. The molecule has 3 fully saturated rings. The van der Waals surface area contributed by atoms with Crippen LogP contribution in [-0.2, 0) is 33.3 Å². The second kappa shape index (κ2) is 22.8. The van der Waals surface area contributed by atoms with Gasteiger partial charge >= 0.3 is 11.9 Å². The first-order valence-electron chi connectivity index (χ1n) is 21.3. The van der Waals surface area contributed by atoms with Crippen molar-refractivity contribution in [3.63, 3.8) is 0 Å². The number of aliphatic carboxylic acids is 1. The van der Waals surface area contributed by atoms with Gasteiger partial charge in [0.15, 0.2) is 6.10 Å². The minimum atomic E-state index is -1.18. The van der Waals surface area contributed by atoms with Crippen molar-refractivity contribution in [2.45, 2.75) is 165 Å². The highest BCUT2D eigenvalue weighted by atomic mass is 16.6. The summed E-state index contributed by atoms with van der Waals surface area (Å²) < 4.78 is 31.5. The molecule has 6 rings (SSSR count). The molecule has 6 aliphatic rings. The van der Waals surface area contributed by atoms with E-state index in [1.807, 2.05) is 62.5 Å². The summed E-state index contributed by atoms with van der Waals surface area (Å²) in [6.07, 6.45) is 28.3. The smallest absolute Gasteiger partial charge is 0.331 e. The largest absolute Gasteiger partial charge is 0.481 e. The zero-order valence-corrected chi connectivity index (χ0v) is 34.5. The first-order valence-corrected chi connectivity index (χ1v) is 21.3. The van der Waals surface area contributed by atoms with Crippen LogP contribution in [0.4, 0.5) is 0 Å². The molecule has 15 atom stereocenters. The van der Waals surface area contributed by atoms with Gasteiger partial charge in [0.1, 0.15) is 24.4 Å². The van der Waals surface area contributed by atoms with Crippen LogP contribution in [0.5, 0.6) is 0 Å². The van der Waals surface area contributed by atoms with E-state index in [9.17, 15) is 24.9 Å². The highest BCUT2D eigenvalue weighted by Crippen LogP contribution is 2.38. The van der Waals surface area contributed by atoms with Gasteiger partial charge in [0.05, 0.1) is 42.7 Å². The van der Waals surface area contributed by atoms with Crippen molar-refractivity contribution in [1.29, 1.82) is 0 Å². The molecule has 4 N–H and O–H groups in total. The summed E-state index contributed by atoms with van der Waals surface area (Å²) in [5.41, 5.74) is 0.945. The van der Waals surface area contributed by atoms with Crippen molar-refractivity contribution in [3.05, 3.63) is 96.7 Å². The van der Waals surface area contributed by atoms with Crippen LogP contribution in [0.15, 0.2) is 96.7 Å². The van der Waals surface area contributed by atoms with Gasteiger partial charge in [-0.05, 0) is 63.0 Å². The van der Waals surface area contributed by atoms with E-state index in [4.69, 9.17) is 28.8 Å². The van der Waals surface area contributed by atoms with E-state index in [-0.39, 0.29) is 67.2 Å². The van der Waals surface area contributed by atoms with Gasteiger partial charge in [-0.1, -0.05) is 106 Å². The number of fused-ring (bicyclic) bond motifs is 13. The number of carbonyl (C=O) groups is 2. The number of carboxylic acid groups (broad SMARTS) is 1. The second-order valence-electron chi connectivity index (χ2n) is 16.6. The zero-order valence-electron chi connectivity index (χ0n) is 34.5. The van der Waals surface area contributed by atoms with Gasteiger partial charge in [0, 0.05) is 37.2 Å². The summed E-state index contributed by atoms with van der Waals surface area (Å²) in [6.45, 7) is 8.15. The molecular weight excluding hydrogens is 741 g/mol. The van der Waals surface area contributed by atoms with E-state index in [0.29, 0.717) is 25.7 Å². The third-order valence-corrected chi connectivity index (χ3v) is 12.0. The Hall–Kier alpha value is -3.42. The van der Waals surface area contributed by atoms with Crippen LogP contribution in [0.2, 0.25) is 0 Å². The minimum Gasteiger partial charge on any atom is -0.481 e. The summed E-state index contributed by atoms with van der Waals surface area (Å²) >= 11 is 0. The normalized spacial score (nSPS) is 41.7. The van der Waals surface area contributed by atoms with Crippen molar-refractivity contribution in [1.82, 2.24) is 0 Å². The summed E-state index contributed by atoms with van der Waals surface area (Å²) in [7, 11) is 0. The predicted octanol–water partition coefficient (Wildman–Crippen LogP) is 6.80. The fraction of sp³-hybridized carbons (Fsp3) is 0.617. The average Bonchev–Trinajstić information content (AvgIpc) is 3.54. The Labute approximate surface area is 344 Å². The van der Waals surface area contributed by atoms with Gasteiger partial charge in [0.25, 0.3) is 0 Å². The molecule has 0 radical (unpaired) electrons. The van der Waals surface area contributed by atoms with Crippen LogP contribution in [0.1, 0.15) is 91.9 Å². The van der Waals surface area contributed by atoms with Crippen molar-refractivity contribution < 1.29 is 53.7 Å². The van der Waals surface area contributed by atoms with E-state index in [1.165, 1.54) is 6.08 Å². The molecule has 6 heterocycles. The second-order valence-corrected chi connectivity index (χ2v) is 16.6. The third kappa shape index (κ3) is 13.6. The summed E-state index contributed by atoms with van der Waals surface area (Å²) in [5, 5.41) is 41.7. The van der Waals surface area contributed by atoms with Gasteiger partial charge < -0.3 is 44.1 Å². The number of carboxylic acids is 1. The highest BCUT2D eigenvalue weighted by Gasteiger charge is 2.45. The Morgan fingerprint density at radius 1 is 0.759 bits per heavy atom. The lowest BCUT2D eigenvalue weighted by atomic mass is 9.85. The highest BCUT2D eigenvalue weighted by molar-refractivity contribution is 5.82. The van der Waals surface area contributed by atoms with Crippen molar-refractivity contribution in [2.75, 3.05) is 0 Å². The predicted molar refractivity (Wildman–Crippen MR) is 222 cm³/mol. The minimum absolute atomic E-state index is 0.0508. The molecule has 6 aliphatic heterocycles. The molecule has 11 nitrogen and oxygen atoms in total. The van der Waals surface area contributed by atoms with Gasteiger partial charge in [0.2, 0.25) is 0 Å². The van der Waals surface area contributed by atoms with Gasteiger partial charge in [-0.3, -0.25) is 4.79 Å². The lowest BCUT2D eigenvalue weighted by molar-refractivity contribution is -0.175. The number of unbranched alkanes of at least 4 members (excludes halogenated alkanes) is 1.